The molecule has 0 saturated heterocycles. The maximum Gasteiger partial charge on any atom is 0.412 e. The van der Waals surface area contributed by atoms with Gasteiger partial charge in [0.05, 0.1) is 6.54 Å². The lowest BCUT2D eigenvalue weighted by atomic mass is 9.82. The van der Waals surface area contributed by atoms with Gasteiger partial charge >= 0.3 is 6.09 Å². The number of nitrogens with zero attached hydrogens (tertiary/aromatic N) is 1. The van der Waals surface area contributed by atoms with Crippen molar-refractivity contribution in [3.63, 3.8) is 0 Å². The zero-order valence-electron chi connectivity index (χ0n) is 14.3. The van der Waals surface area contributed by atoms with E-state index in [1.54, 1.807) is 24.3 Å². The van der Waals surface area contributed by atoms with Crippen LogP contribution in [-0.2, 0) is 0 Å². The van der Waals surface area contributed by atoms with E-state index in [4.69, 9.17) is 16.3 Å². The Morgan fingerprint density at radius 3 is 2.54 bits per heavy atom. The van der Waals surface area contributed by atoms with E-state index in [0.29, 0.717) is 29.2 Å². The van der Waals surface area contributed by atoms with Crippen LogP contribution in [-0.4, -0.2) is 38.2 Å². The van der Waals surface area contributed by atoms with Crippen molar-refractivity contribution in [3.05, 3.63) is 29.3 Å². The number of amides is 1. The Bertz CT molecular complexity index is 582. The number of ether oxygens (including phenoxy) is 1. The van der Waals surface area contributed by atoms with Gasteiger partial charge in [-0.2, -0.15) is 0 Å². The van der Waals surface area contributed by atoms with Crippen molar-refractivity contribution >= 4 is 17.7 Å². The minimum atomic E-state index is -0.412. The zero-order chi connectivity index (χ0) is 17.4. The first-order valence-electron chi connectivity index (χ1n) is 8.37. The first kappa shape index (κ1) is 18.6. The highest BCUT2D eigenvalue weighted by Gasteiger charge is 2.20. The third-order valence-electron chi connectivity index (χ3n) is 4.11. The van der Waals surface area contributed by atoms with E-state index in [1.165, 1.54) is 0 Å². The number of benzene rings is 1. The molecular formula is C19H25ClN2O2. The SMILES string of the molecule is CN(C)CC#CC1CCC(CNC(=O)Oc2ccc(Cl)cc2)CC1. The van der Waals surface area contributed by atoms with Gasteiger partial charge in [-0.1, -0.05) is 23.4 Å². The van der Waals surface area contributed by atoms with E-state index >= 15 is 0 Å². The quantitative estimate of drug-likeness (QED) is 0.841. The average molecular weight is 349 g/mol. The van der Waals surface area contributed by atoms with Crippen molar-refractivity contribution < 1.29 is 9.53 Å². The van der Waals surface area contributed by atoms with Crippen molar-refractivity contribution in [1.29, 1.82) is 0 Å². The van der Waals surface area contributed by atoms with E-state index in [1.807, 2.05) is 14.1 Å². The van der Waals surface area contributed by atoms with E-state index in [2.05, 4.69) is 22.1 Å². The molecule has 2 rings (SSSR count). The van der Waals surface area contributed by atoms with Crippen LogP contribution in [0.15, 0.2) is 24.3 Å². The highest BCUT2D eigenvalue weighted by atomic mass is 35.5. The van der Waals surface area contributed by atoms with Crippen molar-refractivity contribution in [2.45, 2.75) is 25.7 Å². The number of rotatable bonds is 4. The highest BCUT2D eigenvalue weighted by Crippen LogP contribution is 2.27. The summed E-state index contributed by atoms with van der Waals surface area (Å²) in [5.41, 5.74) is 0. The molecule has 1 aliphatic carbocycles. The first-order chi connectivity index (χ1) is 11.5. The van der Waals surface area contributed by atoms with Gasteiger partial charge in [-0.25, -0.2) is 4.79 Å². The number of hydrogen-bond donors (Lipinski definition) is 1. The summed E-state index contributed by atoms with van der Waals surface area (Å²) in [4.78, 5) is 13.9. The molecule has 1 aliphatic rings. The Morgan fingerprint density at radius 2 is 1.92 bits per heavy atom. The molecule has 1 fully saturated rings. The average Bonchev–Trinajstić information content (AvgIpc) is 2.56. The van der Waals surface area contributed by atoms with E-state index in [9.17, 15) is 4.79 Å². The van der Waals surface area contributed by atoms with Crippen LogP contribution in [0.4, 0.5) is 4.79 Å². The van der Waals surface area contributed by atoms with Crippen molar-refractivity contribution in [2.75, 3.05) is 27.2 Å². The third-order valence-corrected chi connectivity index (χ3v) is 4.36. The molecule has 1 aromatic carbocycles. The minimum Gasteiger partial charge on any atom is -0.410 e. The van der Waals surface area contributed by atoms with Gasteiger partial charge in [0.1, 0.15) is 5.75 Å². The van der Waals surface area contributed by atoms with E-state index in [-0.39, 0.29) is 0 Å². The molecule has 24 heavy (non-hydrogen) atoms. The summed E-state index contributed by atoms with van der Waals surface area (Å²) in [6, 6.07) is 6.75. The Hall–Kier alpha value is -1.70. The molecule has 0 heterocycles. The predicted octanol–water partition coefficient (Wildman–Crippen LogP) is 3.80. The van der Waals surface area contributed by atoms with Gasteiger partial charge in [0, 0.05) is 17.5 Å². The summed E-state index contributed by atoms with van der Waals surface area (Å²) in [7, 11) is 4.06. The summed E-state index contributed by atoms with van der Waals surface area (Å²) in [6.07, 6.45) is 4.01. The molecule has 0 aromatic heterocycles. The Morgan fingerprint density at radius 1 is 1.25 bits per heavy atom. The predicted molar refractivity (Wildman–Crippen MR) is 97.3 cm³/mol. The first-order valence-corrected chi connectivity index (χ1v) is 8.75. The highest BCUT2D eigenvalue weighted by molar-refractivity contribution is 6.30. The summed E-state index contributed by atoms with van der Waals surface area (Å²) in [6.45, 7) is 1.47. The maximum absolute atomic E-state index is 11.8. The standard InChI is InChI=1S/C19H25ClN2O2/c1-22(2)13-3-4-15-5-7-16(8-6-15)14-21-19(23)24-18-11-9-17(20)10-12-18/h9-12,15-16H,5-8,13-14H2,1-2H3,(H,21,23). The van der Waals surface area contributed by atoms with Crippen LogP contribution in [0.3, 0.4) is 0 Å². The van der Waals surface area contributed by atoms with Gasteiger partial charge in [-0.05, 0) is 70.0 Å². The molecule has 0 spiro atoms. The van der Waals surface area contributed by atoms with Crippen LogP contribution in [0.5, 0.6) is 5.75 Å². The Balaban J connectivity index is 1.65. The molecule has 0 unspecified atom stereocenters. The Kier molecular flexibility index (Phi) is 7.42. The summed E-state index contributed by atoms with van der Waals surface area (Å²) in [5, 5.41) is 3.47. The minimum absolute atomic E-state index is 0.412. The lowest BCUT2D eigenvalue weighted by Crippen LogP contribution is -2.33. The van der Waals surface area contributed by atoms with E-state index < -0.39 is 6.09 Å². The number of halogens is 1. The van der Waals surface area contributed by atoms with Gasteiger partial charge in [0.15, 0.2) is 0 Å². The van der Waals surface area contributed by atoms with Crippen molar-refractivity contribution in [2.24, 2.45) is 11.8 Å². The monoisotopic (exact) mass is 348 g/mol. The molecule has 0 atom stereocenters. The molecule has 0 aliphatic heterocycles. The van der Waals surface area contributed by atoms with Gasteiger partial charge in [-0.3, -0.25) is 4.90 Å². The van der Waals surface area contributed by atoms with Crippen LogP contribution in [0.1, 0.15) is 25.7 Å². The summed E-state index contributed by atoms with van der Waals surface area (Å²) in [5.74, 6) is 8.10. The molecule has 130 valence electrons. The van der Waals surface area contributed by atoms with Crippen LogP contribution in [0.2, 0.25) is 5.02 Å². The van der Waals surface area contributed by atoms with Crippen LogP contribution in [0, 0.1) is 23.7 Å². The van der Waals surface area contributed by atoms with Gasteiger partial charge in [0.25, 0.3) is 0 Å². The fraction of sp³-hybridized carbons (Fsp3) is 0.526. The van der Waals surface area contributed by atoms with E-state index in [0.717, 1.165) is 32.2 Å². The molecular weight excluding hydrogens is 324 g/mol. The fourth-order valence-corrected chi connectivity index (χ4v) is 2.86. The molecule has 0 radical (unpaired) electrons. The number of nitrogens with one attached hydrogen (secondary N) is 1. The number of carbonyl (C=O) groups is 1. The normalized spacial score (nSPS) is 20.2. The topological polar surface area (TPSA) is 41.6 Å². The number of carbonyl (C=O) groups excluding carboxylic acids is 1. The molecule has 1 saturated carbocycles. The Labute approximate surface area is 149 Å². The largest absolute Gasteiger partial charge is 0.412 e. The molecule has 5 heteroatoms. The molecule has 4 nitrogen and oxygen atoms in total. The summed E-state index contributed by atoms with van der Waals surface area (Å²) < 4.78 is 5.22. The maximum atomic E-state index is 11.8. The zero-order valence-corrected chi connectivity index (χ0v) is 15.1. The second kappa shape index (κ2) is 9.56. The molecule has 1 amide bonds. The lowest BCUT2D eigenvalue weighted by molar-refractivity contribution is 0.195. The molecule has 1 aromatic rings. The smallest absolute Gasteiger partial charge is 0.410 e. The van der Waals surface area contributed by atoms with Gasteiger partial charge in [0.2, 0.25) is 0 Å². The second-order valence-electron chi connectivity index (χ2n) is 6.50. The second-order valence-corrected chi connectivity index (χ2v) is 6.94. The molecule has 1 N–H and O–H groups in total. The van der Waals surface area contributed by atoms with Gasteiger partial charge < -0.3 is 10.1 Å². The molecule has 0 bridgehead atoms. The van der Waals surface area contributed by atoms with Gasteiger partial charge in [-0.15, -0.1) is 0 Å². The van der Waals surface area contributed by atoms with Crippen molar-refractivity contribution in [1.82, 2.24) is 10.2 Å². The van der Waals surface area contributed by atoms with Crippen LogP contribution < -0.4 is 10.1 Å². The van der Waals surface area contributed by atoms with Crippen LogP contribution in [0.25, 0.3) is 0 Å². The van der Waals surface area contributed by atoms with Crippen LogP contribution >= 0.6 is 11.6 Å². The number of hydrogen-bond acceptors (Lipinski definition) is 3. The van der Waals surface area contributed by atoms with Crippen molar-refractivity contribution in [3.8, 4) is 17.6 Å². The fourth-order valence-electron chi connectivity index (χ4n) is 2.73. The summed E-state index contributed by atoms with van der Waals surface area (Å²) >= 11 is 5.80. The third kappa shape index (κ3) is 6.82. The lowest BCUT2D eigenvalue weighted by Gasteiger charge is -2.25.